The third-order valence-corrected chi connectivity index (χ3v) is 3.89. The van der Waals surface area contributed by atoms with Crippen molar-refractivity contribution in [2.75, 3.05) is 0 Å². The average Bonchev–Trinajstić information content (AvgIpc) is 2.51. The standard InChI is InChI=1S/C16H13BrFN3/c17-12-4-5-14(18)13(9-12)16(21-19)11-3-6-15-10(8-11)2-1-7-20-15/h1-9,16,21H,19H2. The molecule has 0 aliphatic rings. The van der Waals surface area contributed by atoms with Crippen LogP contribution in [-0.4, -0.2) is 4.98 Å². The number of aromatic nitrogens is 1. The fourth-order valence-corrected chi connectivity index (χ4v) is 2.75. The van der Waals surface area contributed by atoms with E-state index in [2.05, 4.69) is 26.3 Å². The Balaban J connectivity index is 2.11. The molecule has 1 heterocycles. The zero-order chi connectivity index (χ0) is 14.8. The maximum absolute atomic E-state index is 14.1. The lowest BCUT2D eigenvalue weighted by Crippen LogP contribution is -2.29. The monoisotopic (exact) mass is 345 g/mol. The highest BCUT2D eigenvalue weighted by Crippen LogP contribution is 2.28. The fraction of sp³-hybridized carbons (Fsp3) is 0.0625. The first kappa shape index (κ1) is 14.1. The summed E-state index contributed by atoms with van der Waals surface area (Å²) in [6.45, 7) is 0. The van der Waals surface area contributed by atoms with Crippen LogP contribution in [0.2, 0.25) is 0 Å². The van der Waals surface area contributed by atoms with Crippen molar-refractivity contribution in [3.8, 4) is 0 Å². The smallest absolute Gasteiger partial charge is 0.128 e. The van der Waals surface area contributed by atoms with Gasteiger partial charge in [-0.15, -0.1) is 0 Å². The van der Waals surface area contributed by atoms with Gasteiger partial charge >= 0.3 is 0 Å². The van der Waals surface area contributed by atoms with Crippen LogP contribution in [0.4, 0.5) is 4.39 Å². The molecule has 0 fully saturated rings. The molecule has 3 N–H and O–H groups in total. The van der Waals surface area contributed by atoms with E-state index in [1.165, 1.54) is 6.07 Å². The van der Waals surface area contributed by atoms with E-state index in [4.69, 9.17) is 5.84 Å². The van der Waals surface area contributed by atoms with Crippen LogP contribution >= 0.6 is 15.9 Å². The van der Waals surface area contributed by atoms with E-state index in [9.17, 15) is 4.39 Å². The molecule has 21 heavy (non-hydrogen) atoms. The molecule has 0 amide bonds. The van der Waals surface area contributed by atoms with Crippen molar-refractivity contribution in [3.05, 3.63) is 76.1 Å². The maximum Gasteiger partial charge on any atom is 0.128 e. The van der Waals surface area contributed by atoms with Gasteiger partial charge in [-0.3, -0.25) is 10.8 Å². The summed E-state index contributed by atoms with van der Waals surface area (Å²) in [5.41, 5.74) is 4.96. The number of nitrogens with one attached hydrogen (secondary N) is 1. The third-order valence-electron chi connectivity index (χ3n) is 3.40. The number of hydrogen-bond donors (Lipinski definition) is 2. The summed E-state index contributed by atoms with van der Waals surface area (Å²) in [7, 11) is 0. The molecule has 0 aliphatic carbocycles. The van der Waals surface area contributed by atoms with Crippen LogP contribution in [-0.2, 0) is 0 Å². The quantitative estimate of drug-likeness (QED) is 0.562. The van der Waals surface area contributed by atoms with Gasteiger partial charge in [0, 0.05) is 21.6 Å². The van der Waals surface area contributed by atoms with Crippen molar-refractivity contribution in [1.82, 2.24) is 10.4 Å². The lowest BCUT2D eigenvalue weighted by atomic mass is 9.97. The second-order valence-electron chi connectivity index (χ2n) is 4.72. The molecule has 0 bridgehead atoms. The minimum atomic E-state index is -0.424. The number of nitrogens with two attached hydrogens (primary N) is 1. The van der Waals surface area contributed by atoms with Crippen molar-refractivity contribution in [2.45, 2.75) is 6.04 Å². The zero-order valence-corrected chi connectivity index (χ0v) is 12.6. The first-order valence-electron chi connectivity index (χ1n) is 6.45. The van der Waals surface area contributed by atoms with Gasteiger partial charge in [0.25, 0.3) is 0 Å². The number of hydrazine groups is 1. The summed E-state index contributed by atoms with van der Waals surface area (Å²) in [6, 6.07) is 14.0. The lowest BCUT2D eigenvalue weighted by Gasteiger charge is -2.18. The summed E-state index contributed by atoms with van der Waals surface area (Å²) in [6.07, 6.45) is 1.74. The number of hydrogen-bond acceptors (Lipinski definition) is 3. The van der Waals surface area contributed by atoms with Crippen molar-refractivity contribution < 1.29 is 4.39 Å². The second-order valence-corrected chi connectivity index (χ2v) is 5.64. The molecular weight excluding hydrogens is 333 g/mol. The Morgan fingerprint density at radius 3 is 2.81 bits per heavy atom. The predicted molar refractivity (Wildman–Crippen MR) is 85.0 cm³/mol. The molecule has 106 valence electrons. The third kappa shape index (κ3) is 2.81. The molecule has 0 radical (unpaired) electrons. The van der Waals surface area contributed by atoms with Gasteiger partial charge in [0.1, 0.15) is 5.82 Å². The lowest BCUT2D eigenvalue weighted by molar-refractivity contribution is 0.560. The molecule has 1 aromatic heterocycles. The Labute approximate surface area is 130 Å². The fourth-order valence-electron chi connectivity index (χ4n) is 2.38. The van der Waals surface area contributed by atoms with E-state index in [-0.39, 0.29) is 5.82 Å². The topological polar surface area (TPSA) is 50.9 Å². The first-order valence-corrected chi connectivity index (χ1v) is 7.24. The van der Waals surface area contributed by atoms with Crippen LogP contribution in [0, 0.1) is 5.82 Å². The highest BCUT2D eigenvalue weighted by atomic mass is 79.9. The van der Waals surface area contributed by atoms with Gasteiger partial charge in [-0.1, -0.05) is 28.1 Å². The van der Waals surface area contributed by atoms with Crippen molar-refractivity contribution >= 4 is 26.8 Å². The molecule has 5 heteroatoms. The van der Waals surface area contributed by atoms with E-state index in [0.717, 1.165) is 20.9 Å². The predicted octanol–water partition coefficient (Wildman–Crippen LogP) is 3.69. The van der Waals surface area contributed by atoms with Crippen molar-refractivity contribution in [3.63, 3.8) is 0 Å². The van der Waals surface area contributed by atoms with Gasteiger partial charge in [0.05, 0.1) is 11.6 Å². The molecule has 1 atom stereocenters. The minimum absolute atomic E-state index is 0.299. The average molecular weight is 346 g/mol. The van der Waals surface area contributed by atoms with E-state index < -0.39 is 6.04 Å². The number of halogens is 2. The van der Waals surface area contributed by atoms with Crippen LogP contribution < -0.4 is 11.3 Å². The molecule has 3 rings (SSSR count). The molecule has 0 saturated carbocycles. The highest BCUT2D eigenvalue weighted by molar-refractivity contribution is 9.10. The number of rotatable bonds is 3. The van der Waals surface area contributed by atoms with E-state index in [1.807, 2.05) is 30.3 Å². The Bertz CT molecular complexity index is 791. The first-order chi connectivity index (χ1) is 10.2. The Kier molecular flexibility index (Phi) is 3.96. The van der Waals surface area contributed by atoms with Crippen molar-refractivity contribution in [1.29, 1.82) is 0 Å². The number of benzene rings is 2. The number of nitrogens with zero attached hydrogens (tertiary/aromatic N) is 1. The summed E-state index contributed by atoms with van der Waals surface area (Å²) >= 11 is 3.36. The van der Waals surface area contributed by atoms with E-state index in [1.54, 1.807) is 18.3 Å². The molecule has 0 saturated heterocycles. The molecule has 2 aromatic carbocycles. The Morgan fingerprint density at radius 2 is 2.00 bits per heavy atom. The summed E-state index contributed by atoms with van der Waals surface area (Å²) in [5.74, 6) is 5.35. The van der Waals surface area contributed by atoms with Crippen LogP contribution in [0.1, 0.15) is 17.2 Å². The summed E-state index contributed by atoms with van der Waals surface area (Å²) in [5, 5.41) is 0.991. The van der Waals surface area contributed by atoms with Crippen LogP contribution in [0.5, 0.6) is 0 Å². The number of pyridine rings is 1. The number of fused-ring (bicyclic) bond motifs is 1. The normalized spacial score (nSPS) is 12.5. The minimum Gasteiger partial charge on any atom is -0.271 e. The van der Waals surface area contributed by atoms with Gasteiger partial charge in [-0.05, 0) is 42.0 Å². The van der Waals surface area contributed by atoms with Gasteiger partial charge in [0.2, 0.25) is 0 Å². The van der Waals surface area contributed by atoms with Crippen molar-refractivity contribution in [2.24, 2.45) is 5.84 Å². The van der Waals surface area contributed by atoms with Crippen LogP contribution in [0.3, 0.4) is 0 Å². The molecular formula is C16H13BrFN3. The molecule has 3 aromatic rings. The van der Waals surface area contributed by atoms with Gasteiger partial charge in [-0.2, -0.15) is 0 Å². The summed E-state index contributed by atoms with van der Waals surface area (Å²) < 4.78 is 14.9. The molecule has 1 unspecified atom stereocenters. The highest BCUT2D eigenvalue weighted by Gasteiger charge is 2.17. The maximum atomic E-state index is 14.1. The Hall–Kier alpha value is -1.82. The SMILES string of the molecule is NNC(c1ccc2ncccc2c1)c1cc(Br)ccc1F. The summed E-state index contributed by atoms with van der Waals surface area (Å²) in [4.78, 5) is 4.28. The Morgan fingerprint density at radius 1 is 1.14 bits per heavy atom. The second kappa shape index (κ2) is 5.89. The molecule has 3 nitrogen and oxygen atoms in total. The molecule has 0 spiro atoms. The largest absolute Gasteiger partial charge is 0.271 e. The molecule has 0 aliphatic heterocycles. The van der Waals surface area contributed by atoms with Gasteiger partial charge < -0.3 is 0 Å². The van der Waals surface area contributed by atoms with Gasteiger partial charge in [-0.25, -0.2) is 9.82 Å². The van der Waals surface area contributed by atoms with E-state index >= 15 is 0 Å². The van der Waals surface area contributed by atoms with Gasteiger partial charge in [0.15, 0.2) is 0 Å². The van der Waals surface area contributed by atoms with E-state index in [0.29, 0.717) is 5.56 Å². The van der Waals surface area contributed by atoms with Crippen LogP contribution in [0.15, 0.2) is 59.2 Å². The van der Waals surface area contributed by atoms with Crippen LogP contribution in [0.25, 0.3) is 10.9 Å². The zero-order valence-electron chi connectivity index (χ0n) is 11.1.